The quantitative estimate of drug-likeness (QED) is 0.478. The topological polar surface area (TPSA) is 39.7 Å². The maximum atomic E-state index is 6.07. The van der Waals surface area contributed by atoms with Gasteiger partial charge in [0, 0.05) is 24.8 Å². The molecule has 0 aromatic heterocycles. The molecule has 0 aliphatic carbocycles. The smallest absolute Gasteiger partial charge is 0.191 e. The van der Waals surface area contributed by atoms with E-state index in [4.69, 9.17) is 35.4 Å². The predicted molar refractivity (Wildman–Crippen MR) is 104 cm³/mol. The maximum Gasteiger partial charge on any atom is 0.191 e. The second kappa shape index (κ2) is 8.15. The molecule has 0 fully saturated rings. The van der Waals surface area contributed by atoms with Crippen molar-refractivity contribution >= 4 is 58.1 Å². The summed E-state index contributed by atoms with van der Waals surface area (Å²) in [4.78, 5) is 2.04. The number of nitrogens with zero attached hydrogens (tertiary/aromatic N) is 2. The molecule has 2 aromatic carbocycles. The SMILES string of the molecule is CN(C)c1ccc(/C=N/NC(=S)Nc2ccc(Cl)cc2Cl)cc1. The minimum atomic E-state index is 0.343. The molecule has 0 aliphatic rings. The highest BCUT2D eigenvalue weighted by molar-refractivity contribution is 7.80. The Kier molecular flexibility index (Phi) is 6.21. The Bertz CT molecular complexity index is 715. The summed E-state index contributed by atoms with van der Waals surface area (Å²) < 4.78 is 0. The summed E-state index contributed by atoms with van der Waals surface area (Å²) in [5, 5.41) is 8.46. The van der Waals surface area contributed by atoms with E-state index in [-0.39, 0.29) is 0 Å². The maximum absolute atomic E-state index is 6.07. The first-order chi connectivity index (χ1) is 11.0. The average molecular weight is 367 g/mol. The molecule has 0 spiro atoms. The van der Waals surface area contributed by atoms with Crippen LogP contribution in [-0.4, -0.2) is 25.4 Å². The summed E-state index contributed by atoms with van der Waals surface area (Å²) >= 11 is 17.1. The highest BCUT2D eigenvalue weighted by atomic mass is 35.5. The number of hydrazone groups is 1. The number of rotatable bonds is 4. The number of benzene rings is 2. The Morgan fingerprint density at radius 2 is 1.83 bits per heavy atom. The summed E-state index contributed by atoms with van der Waals surface area (Å²) in [6.45, 7) is 0. The fourth-order valence-electron chi connectivity index (χ4n) is 1.77. The summed E-state index contributed by atoms with van der Waals surface area (Å²) in [6.07, 6.45) is 1.69. The number of nitrogens with one attached hydrogen (secondary N) is 2. The van der Waals surface area contributed by atoms with Gasteiger partial charge in [0.2, 0.25) is 0 Å². The molecule has 0 atom stereocenters. The molecule has 0 heterocycles. The lowest BCUT2D eigenvalue weighted by Crippen LogP contribution is -2.24. The molecule has 0 bridgehead atoms. The Morgan fingerprint density at radius 1 is 1.13 bits per heavy atom. The highest BCUT2D eigenvalue weighted by Gasteiger charge is 2.02. The third-order valence-corrected chi connectivity index (χ3v) is 3.71. The number of hydrogen-bond donors (Lipinski definition) is 2. The Labute approximate surface area is 151 Å². The first-order valence-corrected chi connectivity index (χ1v) is 7.94. The zero-order valence-corrected chi connectivity index (χ0v) is 15.0. The van der Waals surface area contributed by atoms with E-state index in [1.807, 2.05) is 43.3 Å². The fraction of sp³-hybridized carbons (Fsp3) is 0.125. The van der Waals surface area contributed by atoms with Crippen molar-refractivity contribution in [1.82, 2.24) is 5.43 Å². The van der Waals surface area contributed by atoms with Crippen LogP contribution in [0.1, 0.15) is 5.56 Å². The van der Waals surface area contributed by atoms with E-state index in [9.17, 15) is 0 Å². The Hall–Kier alpha value is -1.82. The van der Waals surface area contributed by atoms with Gasteiger partial charge >= 0.3 is 0 Å². The third-order valence-electron chi connectivity index (χ3n) is 2.97. The average Bonchev–Trinajstić information content (AvgIpc) is 2.50. The predicted octanol–water partition coefficient (Wildman–Crippen LogP) is 4.38. The lowest BCUT2D eigenvalue weighted by Gasteiger charge is -2.11. The third kappa shape index (κ3) is 5.39. The van der Waals surface area contributed by atoms with E-state index in [2.05, 4.69) is 15.8 Å². The second-order valence-electron chi connectivity index (χ2n) is 4.93. The zero-order valence-electron chi connectivity index (χ0n) is 12.7. The summed E-state index contributed by atoms with van der Waals surface area (Å²) in [6, 6.07) is 13.1. The van der Waals surface area contributed by atoms with Crippen LogP contribution in [0.25, 0.3) is 0 Å². The summed E-state index contributed by atoms with van der Waals surface area (Å²) in [7, 11) is 3.99. The van der Waals surface area contributed by atoms with Crippen LogP contribution in [0.5, 0.6) is 0 Å². The highest BCUT2D eigenvalue weighted by Crippen LogP contribution is 2.25. The van der Waals surface area contributed by atoms with E-state index >= 15 is 0 Å². The van der Waals surface area contributed by atoms with Crippen LogP contribution in [0.15, 0.2) is 47.6 Å². The minimum Gasteiger partial charge on any atom is -0.378 e. The van der Waals surface area contributed by atoms with Crippen molar-refractivity contribution in [3.63, 3.8) is 0 Å². The Balaban J connectivity index is 1.90. The normalized spacial score (nSPS) is 10.6. The molecular weight excluding hydrogens is 351 g/mol. The van der Waals surface area contributed by atoms with Crippen LogP contribution in [-0.2, 0) is 0 Å². The largest absolute Gasteiger partial charge is 0.378 e. The lowest BCUT2D eigenvalue weighted by atomic mass is 10.2. The van der Waals surface area contributed by atoms with Crippen molar-refractivity contribution in [2.24, 2.45) is 5.10 Å². The van der Waals surface area contributed by atoms with Gasteiger partial charge in [-0.05, 0) is 48.1 Å². The Morgan fingerprint density at radius 3 is 2.43 bits per heavy atom. The van der Waals surface area contributed by atoms with Crippen LogP contribution in [0.3, 0.4) is 0 Å². The van der Waals surface area contributed by atoms with Gasteiger partial charge in [-0.2, -0.15) is 5.10 Å². The van der Waals surface area contributed by atoms with Gasteiger partial charge in [0.1, 0.15) is 0 Å². The van der Waals surface area contributed by atoms with Crippen LogP contribution in [0.4, 0.5) is 11.4 Å². The van der Waals surface area contributed by atoms with Gasteiger partial charge in [0.05, 0.1) is 16.9 Å². The molecule has 0 amide bonds. The van der Waals surface area contributed by atoms with Gasteiger partial charge in [-0.15, -0.1) is 0 Å². The van der Waals surface area contributed by atoms with Crippen LogP contribution in [0.2, 0.25) is 10.0 Å². The van der Waals surface area contributed by atoms with E-state index in [0.717, 1.165) is 11.3 Å². The van der Waals surface area contributed by atoms with Crippen molar-refractivity contribution in [1.29, 1.82) is 0 Å². The second-order valence-corrected chi connectivity index (χ2v) is 6.19. The van der Waals surface area contributed by atoms with Crippen LogP contribution in [0, 0.1) is 0 Å². The van der Waals surface area contributed by atoms with E-state index < -0.39 is 0 Å². The van der Waals surface area contributed by atoms with Crippen LogP contribution < -0.4 is 15.6 Å². The van der Waals surface area contributed by atoms with Crippen molar-refractivity contribution < 1.29 is 0 Å². The number of anilines is 2. The van der Waals surface area contributed by atoms with Gasteiger partial charge in [-0.3, -0.25) is 5.43 Å². The summed E-state index contributed by atoms with van der Waals surface area (Å²) in [5.74, 6) is 0. The van der Waals surface area contributed by atoms with E-state index in [1.54, 1.807) is 24.4 Å². The molecule has 7 heteroatoms. The van der Waals surface area contributed by atoms with Gasteiger partial charge < -0.3 is 10.2 Å². The lowest BCUT2D eigenvalue weighted by molar-refractivity contribution is 1.05. The number of halogens is 2. The summed E-state index contributed by atoms with van der Waals surface area (Å²) in [5.41, 5.74) is 5.51. The first kappa shape index (κ1) is 17.5. The molecule has 0 aliphatic heterocycles. The minimum absolute atomic E-state index is 0.343. The zero-order chi connectivity index (χ0) is 16.8. The first-order valence-electron chi connectivity index (χ1n) is 6.78. The van der Waals surface area contributed by atoms with Gasteiger partial charge in [0.15, 0.2) is 5.11 Å². The number of hydrogen-bond acceptors (Lipinski definition) is 3. The van der Waals surface area contributed by atoms with Crippen molar-refractivity contribution in [2.75, 3.05) is 24.3 Å². The molecule has 120 valence electrons. The molecule has 2 rings (SSSR count). The molecule has 2 N–H and O–H groups in total. The molecule has 0 unspecified atom stereocenters. The molecule has 0 radical (unpaired) electrons. The van der Waals surface area contributed by atoms with Gasteiger partial charge in [-0.25, -0.2) is 0 Å². The molecule has 0 saturated heterocycles. The van der Waals surface area contributed by atoms with E-state index in [1.165, 1.54) is 0 Å². The van der Waals surface area contributed by atoms with Gasteiger partial charge in [0.25, 0.3) is 0 Å². The van der Waals surface area contributed by atoms with Gasteiger partial charge in [-0.1, -0.05) is 35.3 Å². The standard InChI is InChI=1S/C16H16Cl2N4S/c1-22(2)13-6-3-11(4-7-13)10-19-21-16(23)20-15-8-5-12(17)9-14(15)18/h3-10H,1-2H3,(H2,20,21,23)/b19-10+. The number of thiocarbonyl (C=S) groups is 1. The monoisotopic (exact) mass is 366 g/mol. The van der Waals surface area contributed by atoms with Crippen molar-refractivity contribution in [3.05, 3.63) is 58.1 Å². The molecule has 0 saturated carbocycles. The van der Waals surface area contributed by atoms with E-state index in [0.29, 0.717) is 20.8 Å². The molecule has 2 aromatic rings. The van der Waals surface area contributed by atoms with Crippen molar-refractivity contribution in [3.8, 4) is 0 Å². The van der Waals surface area contributed by atoms with Crippen LogP contribution >= 0.6 is 35.4 Å². The molecule has 4 nitrogen and oxygen atoms in total. The fourth-order valence-corrected chi connectivity index (χ4v) is 2.38. The van der Waals surface area contributed by atoms with Crippen molar-refractivity contribution in [2.45, 2.75) is 0 Å². The molecular formula is C16H16Cl2N4S. The molecule has 23 heavy (non-hydrogen) atoms.